The molecule has 1 aliphatic carbocycles. The van der Waals surface area contributed by atoms with Crippen molar-refractivity contribution in [1.29, 1.82) is 0 Å². The van der Waals surface area contributed by atoms with Crippen molar-refractivity contribution >= 4 is 43.7 Å². The molecule has 0 aliphatic heterocycles. The van der Waals surface area contributed by atoms with E-state index >= 15 is 0 Å². The molecular weight excluding hydrogens is 576 g/mol. The highest BCUT2D eigenvalue weighted by molar-refractivity contribution is 6.11. The van der Waals surface area contributed by atoms with Crippen molar-refractivity contribution in [3.63, 3.8) is 0 Å². The molecule has 9 aromatic rings. The molecule has 0 radical (unpaired) electrons. The van der Waals surface area contributed by atoms with Gasteiger partial charge in [-0.05, 0) is 64.7 Å². The lowest BCUT2D eigenvalue weighted by molar-refractivity contribution is 0.661. The maximum atomic E-state index is 6.13. The molecule has 1 aliphatic rings. The van der Waals surface area contributed by atoms with Crippen molar-refractivity contribution in [2.24, 2.45) is 0 Å². The summed E-state index contributed by atoms with van der Waals surface area (Å²) in [5, 5.41) is 4.47. The fourth-order valence-corrected chi connectivity index (χ4v) is 7.55. The molecule has 0 saturated heterocycles. The Morgan fingerprint density at radius 3 is 2.06 bits per heavy atom. The van der Waals surface area contributed by atoms with Gasteiger partial charge in [-0.2, -0.15) is 9.97 Å². The van der Waals surface area contributed by atoms with Crippen LogP contribution in [0.1, 0.15) is 25.0 Å². The Labute approximate surface area is 270 Å². The molecule has 3 heterocycles. The second-order valence-corrected chi connectivity index (χ2v) is 12.9. The van der Waals surface area contributed by atoms with Crippen LogP contribution in [0.25, 0.3) is 83.6 Å². The Hall–Kier alpha value is -6.07. The molecule has 0 N–H and O–H groups in total. The molecule has 10 rings (SSSR count). The van der Waals surface area contributed by atoms with E-state index in [-0.39, 0.29) is 5.41 Å². The van der Waals surface area contributed by atoms with Gasteiger partial charge < -0.3 is 4.42 Å². The number of para-hydroxylation sites is 2. The van der Waals surface area contributed by atoms with Gasteiger partial charge in [0.25, 0.3) is 0 Å². The van der Waals surface area contributed by atoms with Gasteiger partial charge in [-0.1, -0.05) is 105 Å². The third-order valence-electron chi connectivity index (χ3n) is 9.87. The first-order valence-electron chi connectivity index (χ1n) is 16.0. The summed E-state index contributed by atoms with van der Waals surface area (Å²) in [7, 11) is 0. The average Bonchev–Trinajstić information content (AvgIpc) is 3.73. The second-order valence-electron chi connectivity index (χ2n) is 12.9. The smallest absolute Gasteiger partial charge is 0.238 e. The van der Waals surface area contributed by atoms with Crippen molar-refractivity contribution in [1.82, 2.24) is 19.5 Å². The van der Waals surface area contributed by atoms with E-state index < -0.39 is 0 Å². The van der Waals surface area contributed by atoms with Crippen LogP contribution in [0.3, 0.4) is 0 Å². The van der Waals surface area contributed by atoms with Gasteiger partial charge in [-0.25, -0.2) is 4.98 Å². The number of hydrogen-bond acceptors (Lipinski definition) is 4. The van der Waals surface area contributed by atoms with E-state index in [1.165, 1.54) is 33.0 Å². The van der Waals surface area contributed by atoms with Crippen LogP contribution in [0.15, 0.2) is 138 Å². The zero-order chi connectivity index (χ0) is 31.3. The maximum absolute atomic E-state index is 6.13. The van der Waals surface area contributed by atoms with Gasteiger partial charge in [-0.15, -0.1) is 0 Å². The third kappa shape index (κ3) is 3.74. The van der Waals surface area contributed by atoms with Crippen LogP contribution in [-0.4, -0.2) is 19.5 Å². The number of furan rings is 1. The van der Waals surface area contributed by atoms with E-state index in [0.29, 0.717) is 17.6 Å². The van der Waals surface area contributed by atoms with Crippen LogP contribution in [-0.2, 0) is 5.41 Å². The molecule has 6 aromatic carbocycles. The lowest BCUT2D eigenvalue weighted by Gasteiger charge is -2.21. The van der Waals surface area contributed by atoms with Gasteiger partial charge in [-0.3, -0.25) is 4.57 Å². The topological polar surface area (TPSA) is 56.7 Å². The summed E-state index contributed by atoms with van der Waals surface area (Å²) < 4.78 is 8.34. The summed E-state index contributed by atoms with van der Waals surface area (Å²) in [5.41, 5.74) is 10.8. The summed E-state index contributed by atoms with van der Waals surface area (Å²) in [6.45, 7) is 4.65. The van der Waals surface area contributed by atoms with Crippen molar-refractivity contribution in [2.75, 3.05) is 0 Å². The van der Waals surface area contributed by atoms with Crippen LogP contribution in [0.5, 0.6) is 0 Å². The van der Waals surface area contributed by atoms with Gasteiger partial charge in [0.2, 0.25) is 5.95 Å². The molecule has 0 saturated carbocycles. The van der Waals surface area contributed by atoms with Crippen LogP contribution in [0, 0.1) is 0 Å². The largest absolute Gasteiger partial charge is 0.456 e. The van der Waals surface area contributed by atoms with Crippen molar-refractivity contribution in [3.05, 3.63) is 145 Å². The predicted octanol–water partition coefficient (Wildman–Crippen LogP) is 10.5. The minimum Gasteiger partial charge on any atom is -0.456 e. The Morgan fingerprint density at radius 1 is 0.489 bits per heavy atom. The van der Waals surface area contributed by atoms with Gasteiger partial charge >= 0.3 is 0 Å². The first kappa shape index (κ1) is 26.2. The zero-order valence-corrected chi connectivity index (χ0v) is 25.9. The van der Waals surface area contributed by atoms with Crippen molar-refractivity contribution in [2.45, 2.75) is 19.3 Å². The van der Waals surface area contributed by atoms with E-state index in [2.05, 4.69) is 91.2 Å². The lowest BCUT2D eigenvalue weighted by atomic mass is 9.82. The Morgan fingerprint density at radius 2 is 1.19 bits per heavy atom. The highest BCUT2D eigenvalue weighted by atomic mass is 16.3. The first-order valence-corrected chi connectivity index (χ1v) is 16.0. The molecule has 47 heavy (non-hydrogen) atoms. The minimum absolute atomic E-state index is 0.0972. The molecule has 0 bridgehead atoms. The summed E-state index contributed by atoms with van der Waals surface area (Å²) in [6, 6.07) is 46.5. The maximum Gasteiger partial charge on any atom is 0.238 e. The molecule has 5 heteroatoms. The van der Waals surface area contributed by atoms with Crippen LogP contribution >= 0.6 is 0 Å². The fraction of sp³-hybridized carbons (Fsp3) is 0.0714. The van der Waals surface area contributed by atoms with Crippen LogP contribution < -0.4 is 0 Å². The van der Waals surface area contributed by atoms with Crippen molar-refractivity contribution < 1.29 is 4.42 Å². The molecule has 0 atom stereocenters. The number of hydrogen-bond donors (Lipinski definition) is 0. The van der Waals surface area contributed by atoms with E-state index in [0.717, 1.165) is 44.1 Å². The SMILES string of the molecule is CC1(C)c2ccccc2-c2cc3c(cc21)c1ccccc1n3-c1nc(-c2ccccc2)nc(-c2ccc3oc4ccccc4c3c2)n1. The highest BCUT2D eigenvalue weighted by Crippen LogP contribution is 2.51. The van der Waals surface area contributed by atoms with Crippen LogP contribution in [0.2, 0.25) is 0 Å². The second kappa shape index (κ2) is 9.47. The van der Waals surface area contributed by atoms with E-state index in [4.69, 9.17) is 19.4 Å². The van der Waals surface area contributed by atoms with Gasteiger partial charge in [0.05, 0.1) is 11.0 Å². The molecule has 5 nitrogen and oxygen atoms in total. The number of benzene rings is 6. The van der Waals surface area contributed by atoms with Crippen LogP contribution in [0.4, 0.5) is 0 Å². The first-order chi connectivity index (χ1) is 23.0. The third-order valence-corrected chi connectivity index (χ3v) is 9.87. The monoisotopic (exact) mass is 604 g/mol. The molecule has 0 amide bonds. The Balaban J connectivity index is 1.27. The summed E-state index contributed by atoms with van der Waals surface area (Å²) in [5.74, 6) is 1.82. The highest BCUT2D eigenvalue weighted by Gasteiger charge is 2.36. The summed E-state index contributed by atoms with van der Waals surface area (Å²) >= 11 is 0. The molecule has 0 fully saturated rings. The van der Waals surface area contributed by atoms with Gasteiger partial charge in [0, 0.05) is 38.1 Å². The fourth-order valence-electron chi connectivity index (χ4n) is 7.55. The quantitative estimate of drug-likeness (QED) is 0.201. The zero-order valence-electron chi connectivity index (χ0n) is 25.9. The molecule has 222 valence electrons. The van der Waals surface area contributed by atoms with Gasteiger partial charge in [0.1, 0.15) is 11.2 Å². The average molecular weight is 605 g/mol. The normalized spacial score (nSPS) is 13.5. The van der Waals surface area contributed by atoms with Gasteiger partial charge in [0.15, 0.2) is 11.6 Å². The van der Waals surface area contributed by atoms with Crippen molar-refractivity contribution in [3.8, 4) is 39.9 Å². The standard InChI is InChI=1S/C42H28N4O/c1-42(2)33-17-9-6-14-27(33)30-24-36-31(23-34(30)42)28-15-7-10-18-35(28)46(36)41-44-39(25-12-4-3-5-13-25)43-40(45-41)26-20-21-38-32(22-26)29-16-8-11-19-37(29)47-38/h3-24H,1-2H3. The van der Waals surface area contributed by atoms with E-state index in [9.17, 15) is 0 Å². The summed E-state index contributed by atoms with van der Waals surface area (Å²) in [6.07, 6.45) is 0. The minimum atomic E-state index is -0.0972. The van der Waals surface area contributed by atoms with E-state index in [1.807, 2.05) is 60.7 Å². The Bertz CT molecular complexity index is 2720. The molecular formula is C42H28N4O. The summed E-state index contributed by atoms with van der Waals surface area (Å²) in [4.78, 5) is 15.4. The number of fused-ring (bicyclic) bond motifs is 9. The number of aromatic nitrogens is 4. The lowest BCUT2D eigenvalue weighted by Crippen LogP contribution is -2.14. The number of nitrogens with zero attached hydrogens (tertiary/aromatic N) is 4. The molecule has 0 spiro atoms. The predicted molar refractivity (Wildman–Crippen MR) is 190 cm³/mol. The number of rotatable bonds is 3. The van der Waals surface area contributed by atoms with E-state index in [1.54, 1.807) is 0 Å². The molecule has 0 unspecified atom stereocenters. The molecule has 3 aromatic heterocycles. The Kier molecular flexibility index (Phi) is 5.28.